The Kier molecular flexibility index (Phi) is 4.24. The Hall–Kier alpha value is -1.42. The molecule has 1 heterocycles. The van der Waals surface area contributed by atoms with Crippen LogP contribution in [-0.2, 0) is 0 Å². The van der Waals surface area contributed by atoms with Crippen LogP contribution < -0.4 is 5.73 Å². The smallest absolute Gasteiger partial charge is 0.0474 e. The van der Waals surface area contributed by atoms with E-state index in [-0.39, 0.29) is 0 Å². The number of nitrogens with zero attached hydrogens (tertiary/aromatic N) is 2. The number of hydrogen-bond acceptors (Lipinski definition) is 3. The van der Waals surface area contributed by atoms with E-state index in [1.807, 2.05) is 0 Å². The van der Waals surface area contributed by atoms with Crippen molar-refractivity contribution >= 4 is 10.8 Å². The van der Waals surface area contributed by atoms with Crippen molar-refractivity contribution in [1.82, 2.24) is 9.80 Å². The van der Waals surface area contributed by atoms with Crippen LogP contribution in [-0.4, -0.2) is 49.1 Å². The van der Waals surface area contributed by atoms with E-state index in [0.29, 0.717) is 18.6 Å². The lowest BCUT2D eigenvalue weighted by molar-refractivity contribution is 0.0636. The zero-order valence-electron chi connectivity index (χ0n) is 13.0. The second kappa shape index (κ2) is 6.14. The van der Waals surface area contributed by atoms with Crippen LogP contribution in [0.25, 0.3) is 10.8 Å². The first-order chi connectivity index (χ1) is 10.2. The minimum Gasteiger partial charge on any atom is -0.329 e. The molecule has 3 nitrogen and oxygen atoms in total. The summed E-state index contributed by atoms with van der Waals surface area (Å²) in [7, 11) is 2.20. The monoisotopic (exact) mass is 283 g/mol. The van der Waals surface area contributed by atoms with E-state index in [2.05, 4.69) is 66.2 Å². The van der Waals surface area contributed by atoms with Crippen molar-refractivity contribution in [3.63, 3.8) is 0 Å². The summed E-state index contributed by atoms with van der Waals surface area (Å²) in [4.78, 5) is 4.96. The van der Waals surface area contributed by atoms with Gasteiger partial charge in [-0.25, -0.2) is 0 Å². The standard InChI is InChI=1S/C18H25N3/c1-14-13-20(2)9-10-21(14)18(12-19)17-8-7-15-5-3-4-6-16(15)11-17/h3-8,11,14,18H,9-10,12-13,19H2,1-2H3. The molecular weight excluding hydrogens is 258 g/mol. The molecule has 0 amide bonds. The van der Waals surface area contributed by atoms with E-state index in [0.717, 1.165) is 19.6 Å². The van der Waals surface area contributed by atoms with Gasteiger partial charge in [-0.05, 0) is 36.4 Å². The maximum atomic E-state index is 6.12. The van der Waals surface area contributed by atoms with Crippen LogP contribution >= 0.6 is 0 Å². The van der Waals surface area contributed by atoms with E-state index in [1.165, 1.54) is 16.3 Å². The van der Waals surface area contributed by atoms with E-state index in [9.17, 15) is 0 Å². The van der Waals surface area contributed by atoms with Crippen LogP contribution in [0.1, 0.15) is 18.5 Å². The summed E-state index contributed by atoms with van der Waals surface area (Å²) in [6.45, 7) is 6.30. The molecule has 2 aromatic carbocycles. The molecule has 0 aromatic heterocycles. The molecule has 1 aliphatic rings. The Morgan fingerprint density at radius 2 is 1.90 bits per heavy atom. The number of rotatable bonds is 3. The molecule has 1 saturated heterocycles. The highest BCUT2D eigenvalue weighted by Crippen LogP contribution is 2.27. The molecule has 2 unspecified atom stereocenters. The summed E-state index contributed by atoms with van der Waals surface area (Å²) in [6, 6.07) is 16.2. The fourth-order valence-electron chi connectivity index (χ4n) is 3.49. The van der Waals surface area contributed by atoms with Gasteiger partial charge in [0.25, 0.3) is 0 Å². The van der Waals surface area contributed by atoms with Crippen molar-refractivity contribution < 1.29 is 0 Å². The van der Waals surface area contributed by atoms with Gasteiger partial charge in [-0.15, -0.1) is 0 Å². The molecular formula is C18H25N3. The van der Waals surface area contributed by atoms with Gasteiger partial charge in [-0.2, -0.15) is 0 Å². The third kappa shape index (κ3) is 2.95. The second-order valence-electron chi connectivity index (χ2n) is 6.21. The van der Waals surface area contributed by atoms with Crippen molar-refractivity contribution in [3.05, 3.63) is 48.0 Å². The van der Waals surface area contributed by atoms with Gasteiger partial charge in [-0.3, -0.25) is 4.90 Å². The van der Waals surface area contributed by atoms with Crippen LogP contribution in [0.4, 0.5) is 0 Å². The van der Waals surface area contributed by atoms with E-state index >= 15 is 0 Å². The third-order valence-electron chi connectivity index (χ3n) is 4.66. The first-order valence-corrected chi connectivity index (χ1v) is 7.82. The zero-order chi connectivity index (χ0) is 14.8. The molecule has 0 aliphatic carbocycles. The van der Waals surface area contributed by atoms with Gasteiger partial charge in [-0.1, -0.05) is 36.4 Å². The first kappa shape index (κ1) is 14.5. The van der Waals surface area contributed by atoms with Crippen LogP contribution in [0, 0.1) is 0 Å². The van der Waals surface area contributed by atoms with Crippen molar-refractivity contribution in [2.45, 2.75) is 19.0 Å². The summed E-state index contributed by atoms with van der Waals surface area (Å²) in [5.74, 6) is 0. The fourth-order valence-corrected chi connectivity index (χ4v) is 3.49. The summed E-state index contributed by atoms with van der Waals surface area (Å²) in [5.41, 5.74) is 7.46. The first-order valence-electron chi connectivity index (χ1n) is 7.82. The molecule has 0 saturated carbocycles. The number of likely N-dealkylation sites (N-methyl/N-ethyl adjacent to an activating group) is 1. The average Bonchev–Trinajstić information content (AvgIpc) is 2.50. The minimum absolute atomic E-state index is 0.318. The molecule has 21 heavy (non-hydrogen) atoms. The molecule has 1 aliphatic heterocycles. The van der Waals surface area contributed by atoms with Gasteiger partial charge in [0.2, 0.25) is 0 Å². The molecule has 112 valence electrons. The number of piperazine rings is 1. The predicted octanol–water partition coefficient (Wildman–Crippen LogP) is 2.48. The van der Waals surface area contributed by atoms with E-state index in [1.54, 1.807) is 0 Å². The van der Waals surface area contributed by atoms with Gasteiger partial charge in [0.05, 0.1) is 0 Å². The van der Waals surface area contributed by atoms with Crippen molar-refractivity contribution in [2.24, 2.45) is 5.73 Å². The van der Waals surface area contributed by atoms with Crippen LogP contribution in [0.15, 0.2) is 42.5 Å². The SMILES string of the molecule is CC1CN(C)CCN1C(CN)c1ccc2ccccc2c1. The lowest BCUT2D eigenvalue weighted by atomic mass is 9.98. The van der Waals surface area contributed by atoms with Crippen LogP contribution in [0.3, 0.4) is 0 Å². The average molecular weight is 283 g/mol. The Balaban J connectivity index is 1.90. The summed E-state index contributed by atoms with van der Waals surface area (Å²) in [6.07, 6.45) is 0. The third-order valence-corrected chi connectivity index (χ3v) is 4.66. The summed E-state index contributed by atoms with van der Waals surface area (Å²) >= 11 is 0. The molecule has 0 bridgehead atoms. The van der Waals surface area contributed by atoms with Gasteiger partial charge in [0, 0.05) is 38.3 Å². The lowest BCUT2D eigenvalue weighted by Crippen LogP contribution is -2.52. The molecule has 3 heteroatoms. The van der Waals surface area contributed by atoms with Gasteiger partial charge in [0.1, 0.15) is 0 Å². The molecule has 0 spiro atoms. The minimum atomic E-state index is 0.318. The molecule has 1 fully saturated rings. The number of fused-ring (bicyclic) bond motifs is 1. The summed E-state index contributed by atoms with van der Waals surface area (Å²) < 4.78 is 0. The summed E-state index contributed by atoms with van der Waals surface area (Å²) in [5, 5.41) is 2.60. The molecule has 2 atom stereocenters. The van der Waals surface area contributed by atoms with Crippen molar-refractivity contribution in [1.29, 1.82) is 0 Å². The van der Waals surface area contributed by atoms with Crippen LogP contribution in [0.2, 0.25) is 0 Å². The maximum Gasteiger partial charge on any atom is 0.0474 e. The molecule has 2 N–H and O–H groups in total. The predicted molar refractivity (Wildman–Crippen MR) is 89.4 cm³/mol. The number of nitrogens with two attached hydrogens (primary N) is 1. The van der Waals surface area contributed by atoms with Crippen molar-refractivity contribution in [2.75, 3.05) is 33.2 Å². The Morgan fingerprint density at radius 1 is 1.14 bits per heavy atom. The lowest BCUT2D eigenvalue weighted by Gasteiger charge is -2.42. The van der Waals surface area contributed by atoms with Gasteiger partial charge >= 0.3 is 0 Å². The number of benzene rings is 2. The van der Waals surface area contributed by atoms with Gasteiger partial charge < -0.3 is 10.6 Å². The van der Waals surface area contributed by atoms with Crippen molar-refractivity contribution in [3.8, 4) is 0 Å². The Labute approximate surface area is 127 Å². The second-order valence-corrected chi connectivity index (χ2v) is 6.21. The topological polar surface area (TPSA) is 32.5 Å². The highest BCUT2D eigenvalue weighted by Gasteiger charge is 2.28. The largest absolute Gasteiger partial charge is 0.329 e. The quantitative estimate of drug-likeness (QED) is 0.939. The molecule has 3 rings (SSSR count). The molecule has 2 aromatic rings. The van der Waals surface area contributed by atoms with E-state index in [4.69, 9.17) is 5.73 Å². The Bertz CT molecular complexity index is 610. The zero-order valence-corrected chi connectivity index (χ0v) is 13.0. The van der Waals surface area contributed by atoms with Gasteiger partial charge in [0.15, 0.2) is 0 Å². The highest BCUT2D eigenvalue weighted by atomic mass is 15.3. The van der Waals surface area contributed by atoms with Crippen LogP contribution in [0.5, 0.6) is 0 Å². The fraction of sp³-hybridized carbons (Fsp3) is 0.444. The maximum absolute atomic E-state index is 6.12. The molecule has 0 radical (unpaired) electrons. The Morgan fingerprint density at radius 3 is 2.62 bits per heavy atom. The van der Waals surface area contributed by atoms with E-state index < -0.39 is 0 Å². The highest BCUT2D eigenvalue weighted by molar-refractivity contribution is 5.83. The normalized spacial score (nSPS) is 22.5. The number of hydrogen-bond donors (Lipinski definition) is 1.